The molecule has 0 spiro atoms. The molecule has 0 bridgehead atoms. The van der Waals surface area contributed by atoms with E-state index in [1.807, 2.05) is 22.6 Å². The van der Waals surface area contributed by atoms with Crippen molar-refractivity contribution in [1.82, 2.24) is 9.88 Å². The molecule has 1 saturated heterocycles. The van der Waals surface area contributed by atoms with Crippen LogP contribution in [0.3, 0.4) is 0 Å². The summed E-state index contributed by atoms with van der Waals surface area (Å²) in [5.41, 5.74) is 1.66. The Balaban J connectivity index is 1.68. The zero-order valence-corrected chi connectivity index (χ0v) is 13.4. The summed E-state index contributed by atoms with van der Waals surface area (Å²) in [6, 6.07) is 2.05. The molecule has 1 aliphatic rings. The van der Waals surface area contributed by atoms with E-state index in [1.165, 1.54) is 11.3 Å². The van der Waals surface area contributed by atoms with E-state index in [2.05, 4.69) is 21.7 Å². The number of carbonyl (C=O) groups is 1. The second kappa shape index (κ2) is 6.55. The molecule has 0 saturated carbocycles. The first-order chi connectivity index (χ1) is 10.3. The number of carbonyl (C=O) groups excluding carboxylic acids is 1. The van der Waals surface area contributed by atoms with Gasteiger partial charge < -0.3 is 15.0 Å². The molecule has 3 rings (SSSR count). The Kier molecular flexibility index (Phi) is 4.52. The number of thiophene rings is 1. The first kappa shape index (κ1) is 14.5. The van der Waals surface area contributed by atoms with E-state index in [-0.39, 0.29) is 12.0 Å². The molecule has 0 aromatic carbocycles. The number of nitrogens with one attached hydrogen (secondary N) is 1. The van der Waals surface area contributed by atoms with E-state index in [1.54, 1.807) is 11.3 Å². The number of hydrogen-bond acceptors (Lipinski definition) is 6. The molecule has 21 heavy (non-hydrogen) atoms. The smallest absolute Gasteiger partial charge is 0.273 e. The largest absolute Gasteiger partial charge is 0.370 e. The van der Waals surface area contributed by atoms with E-state index in [4.69, 9.17) is 4.74 Å². The SMILES string of the molecule is CCNc1nc(C(=O)N2CCOC(c3ccsc3)C2)cs1. The molecule has 112 valence electrons. The Morgan fingerprint density at radius 2 is 2.48 bits per heavy atom. The van der Waals surface area contributed by atoms with E-state index in [9.17, 15) is 4.79 Å². The highest BCUT2D eigenvalue weighted by atomic mass is 32.1. The van der Waals surface area contributed by atoms with Crippen molar-refractivity contribution in [1.29, 1.82) is 0 Å². The summed E-state index contributed by atoms with van der Waals surface area (Å²) in [5.74, 6) is -0.0149. The highest BCUT2D eigenvalue weighted by Crippen LogP contribution is 2.25. The van der Waals surface area contributed by atoms with Crippen molar-refractivity contribution in [2.45, 2.75) is 13.0 Å². The molecule has 0 radical (unpaired) electrons. The molecule has 7 heteroatoms. The van der Waals surface area contributed by atoms with E-state index < -0.39 is 0 Å². The molecule has 2 aromatic heterocycles. The molecule has 3 heterocycles. The molecule has 1 aliphatic heterocycles. The lowest BCUT2D eigenvalue weighted by molar-refractivity contribution is -0.0228. The highest BCUT2D eigenvalue weighted by molar-refractivity contribution is 7.13. The van der Waals surface area contributed by atoms with Gasteiger partial charge in [0, 0.05) is 18.5 Å². The minimum atomic E-state index is -0.0270. The predicted molar refractivity (Wildman–Crippen MR) is 85.2 cm³/mol. The van der Waals surface area contributed by atoms with Crippen LogP contribution in [-0.2, 0) is 4.74 Å². The molecule has 5 nitrogen and oxygen atoms in total. The zero-order valence-electron chi connectivity index (χ0n) is 11.7. The van der Waals surface area contributed by atoms with Crippen molar-refractivity contribution in [2.24, 2.45) is 0 Å². The maximum Gasteiger partial charge on any atom is 0.273 e. The van der Waals surface area contributed by atoms with Gasteiger partial charge in [0.15, 0.2) is 5.13 Å². The fourth-order valence-corrected chi connectivity index (χ4v) is 3.72. The van der Waals surface area contributed by atoms with Crippen LogP contribution in [-0.4, -0.2) is 42.0 Å². The summed E-state index contributed by atoms with van der Waals surface area (Å²) in [5, 5.41) is 9.84. The molecule has 2 aromatic rings. The van der Waals surface area contributed by atoms with Crippen molar-refractivity contribution in [3.63, 3.8) is 0 Å². The minimum Gasteiger partial charge on any atom is -0.370 e. The third-order valence-corrected chi connectivity index (χ3v) is 4.82. The average Bonchev–Trinajstić information content (AvgIpc) is 3.18. The number of thiazole rings is 1. The fraction of sp³-hybridized carbons (Fsp3) is 0.429. The predicted octanol–water partition coefficient (Wildman–Crippen LogP) is 2.85. The van der Waals surface area contributed by atoms with Crippen molar-refractivity contribution in [2.75, 3.05) is 31.6 Å². The summed E-state index contributed by atoms with van der Waals surface area (Å²) in [6.07, 6.45) is -0.0270. The molecular formula is C14H17N3O2S2. The number of amides is 1. The summed E-state index contributed by atoms with van der Waals surface area (Å²) in [7, 11) is 0. The second-order valence-corrected chi connectivity index (χ2v) is 6.37. The molecule has 0 aliphatic carbocycles. The lowest BCUT2D eigenvalue weighted by Crippen LogP contribution is -2.42. The molecule has 1 fully saturated rings. The maximum absolute atomic E-state index is 12.5. The first-order valence-corrected chi connectivity index (χ1v) is 8.72. The van der Waals surface area contributed by atoms with Crippen molar-refractivity contribution in [3.8, 4) is 0 Å². The quantitative estimate of drug-likeness (QED) is 0.940. The van der Waals surface area contributed by atoms with Crippen molar-refractivity contribution in [3.05, 3.63) is 33.5 Å². The molecule has 1 unspecified atom stereocenters. The van der Waals surface area contributed by atoms with Crippen LogP contribution >= 0.6 is 22.7 Å². The van der Waals surface area contributed by atoms with Gasteiger partial charge in [0.25, 0.3) is 5.91 Å². The van der Waals surface area contributed by atoms with E-state index in [0.29, 0.717) is 25.4 Å². The second-order valence-electron chi connectivity index (χ2n) is 4.74. The van der Waals surface area contributed by atoms with Gasteiger partial charge in [0.2, 0.25) is 0 Å². The summed E-state index contributed by atoms with van der Waals surface area (Å²) in [6.45, 7) is 4.59. The van der Waals surface area contributed by atoms with Crippen LogP contribution < -0.4 is 5.32 Å². The van der Waals surface area contributed by atoms with Gasteiger partial charge in [-0.15, -0.1) is 11.3 Å². The standard InChI is InChI=1S/C14H17N3O2S2/c1-2-15-14-16-11(9-21-14)13(18)17-4-5-19-12(7-17)10-3-6-20-8-10/h3,6,8-9,12H,2,4-5,7H2,1H3,(H,15,16). The van der Waals surface area contributed by atoms with Gasteiger partial charge in [-0.05, 0) is 29.3 Å². The number of morpholine rings is 1. The van der Waals surface area contributed by atoms with Crippen LogP contribution in [0.4, 0.5) is 5.13 Å². The normalized spacial score (nSPS) is 18.7. The Morgan fingerprint density at radius 1 is 1.57 bits per heavy atom. The Bertz CT molecular complexity index is 597. The van der Waals surface area contributed by atoms with Gasteiger partial charge >= 0.3 is 0 Å². The summed E-state index contributed by atoms with van der Waals surface area (Å²) in [4.78, 5) is 18.7. The van der Waals surface area contributed by atoms with Gasteiger partial charge in [-0.1, -0.05) is 0 Å². The van der Waals surface area contributed by atoms with Gasteiger partial charge in [-0.3, -0.25) is 4.79 Å². The van der Waals surface area contributed by atoms with Gasteiger partial charge in [-0.25, -0.2) is 4.98 Å². The average molecular weight is 323 g/mol. The summed E-state index contributed by atoms with van der Waals surface area (Å²) >= 11 is 3.11. The third-order valence-electron chi connectivity index (χ3n) is 3.32. The Morgan fingerprint density at radius 3 is 3.24 bits per heavy atom. The van der Waals surface area contributed by atoms with E-state index >= 15 is 0 Å². The minimum absolute atomic E-state index is 0.0149. The number of aromatic nitrogens is 1. The topological polar surface area (TPSA) is 54.5 Å². The van der Waals surface area contributed by atoms with Gasteiger partial charge in [0.05, 0.1) is 13.2 Å². The zero-order chi connectivity index (χ0) is 14.7. The number of ether oxygens (including phenoxy) is 1. The van der Waals surface area contributed by atoms with Crippen LogP contribution in [0.5, 0.6) is 0 Å². The lowest BCUT2D eigenvalue weighted by atomic mass is 10.1. The monoisotopic (exact) mass is 323 g/mol. The first-order valence-electron chi connectivity index (χ1n) is 6.90. The molecule has 1 N–H and O–H groups in total. The van der Waals surface area contributed by atoms with Crippen LogP contribution in [0, 0.1) is 0 Å². The van der Waals surface area contributed by atoms with Gasteiger partial charge in [-0.2, -0.15) is 11.3 Å². The van der Waals surface area contributed by atoms with Crippen molar-refractivity contribution >= 4 is 33.7 Å². The van der Waals surface area contributed by atoms with Crippen LogP contribution in [0.2, 0.25) is 0 Å². The van der Waals surface area contributed by atoms with Crippen LogP contribution in [0.25, 0.3) is 0 Å². The molecule has 1 atom stereocenters. The Hall–Kier alpha value is -1.44. The van der Waals surface area contributed by atoms with Crippen molar-refractivity contribution < 1.29 is 9.53 Å². The Labute approximate surface area is 131 Å². The highest BCUT2D eigenvalue weighted by Gasteiger charge is 2.27. The summed E-state index contributed by atoms with van der Waals surface area (Å²) < 4.78 is 5.77. The molecular weight excluding hydrogens is 306 g/mol. The number of nitrogens with zero attached hydrogens (tertiary/aromatic N) is 2. The van der Waals surface area contributed by atoms with Gasteiger partial charge in [0.1, 0.15) is 11.8 Å². The number of anilines is 1. The fourth-order valence-electron chi connectivity index (χ4n) is 2.26. The number of rotatable bonds is 4. The number of hydrogen-bond donors (Lipinski definition) is 1. The van der Waals surface area contributed by atoms with E-state index in [0.717, 1.165) is 17.2 Å². The molecule has 1 amide bonds. The van der Waals surface area contributed by atoms with Crippen LogP contribution in [0.1, 0.15) is 29.1 Å². The third kappa shape index (κ3) is 3.25. The lowest BCUT2D eigenvalue weighted by Gasteiger charge is -2.32. The van der Waals surface area contributed by atoms with Crippen LogP contribution in [0.15, 0.2) is 22.2 Å². The maximum atomic E-state index is 12.5.